The summed E-state index contributed by atoms with van der Waals surface area (Å²) in [6.07, 6.45) is -2.66. The Hall–Kier alpha value is -0.160. The second-order valence-electron chi connectivity index (χ2n) is 2.83. The predicted molar refractivity (Wildman–Crippen MR) is 38.1 cm³/mol. The second-order valence-corrected chi connectivity index (χ2v) is 2.83. The maximum absolute atomic E-state index is 9.27. The molecule has 4 heteroatoms. The monoisotopic (exact) mass is 162 g/mol. The fraction of sp³-hybridized carbons (Fsp3) is 1.00. The fourth-order valence-corrected chi connectivity index (χ4v) is 1.23. The molecule has 0 spiro atoms. The summed E-state index contributed by atoms with van der Waals surface area (Å²) >= 11 is 0. The average Bonchev–Trinajstić information content (AvgIpc) is 2.01. The third-order valence-electron chi connectivity index (χ3n) is 2.01. The Labute approximate surface area is 65.4 Å². The van der Waals surface area contributed by atoms with Gasteiger partial charge in [-0.25, -0.2) is 0 Å². The molecular formula is C7H14O4. The Morgan fingerprint density at radius 2 is 1.91 bits per heavy atom. The molecule has 0 bridgehead atoms. The van der Waals surface area contributed by atoms with Gasteiger partial charge in [-0.3, -0.25) is 0 Å². The lowest BCUT2D eigenvalue weighted by molar-refractivity contribution is -0.187. The molecule has 0 radical (unpaired) electrons. The highest BCUT2D eigenvalue weighted by Crippen LogP contribution is 2.17. The highest BCUT2D eigenvalue weighted by Gasteiger charge is 2.36. The van der Waals surface area contributed by atoms with E-state index in [-0.39, 0.29) is 12.7 Å². The molecule has 1 fully saturated rings. The molecular weight excluding hydrogens is 148 g/mol. The molecule has 3 N–H and O–H groups in total. The molecule has 1 rings (SSSR count). The molecule has 0 saturated carbocycles. The van der Waals surface area contributed by atoms with Gasteiger partial charge in [-0.1, -0.05) is 6.92 Å². The van der Waals surface area contributed by atoms with Gasteiger partial charge >= 0.3 is 0 Å². The number of aliphatic hydroxyl groups is 3. The molecule has 66 valence electrons. The van der Waals surface area contributed by atoms with E-state index in [9.17, 15) is 5.11 Å². The standard InChI is InChI=1S/C7H14O4/c1-2-5-7(10)6(9)4(8)3-11-5/h4-10H,2-3H2,1H3/t4?,5?,6-,7+/m0/s1. The van der Waals surface area contributed by atoms with Crippen molar-refractivity contribution in [3.63, 3.8) is 0 Å². The van der Waals surface area contributed by atoms with Crippen LogP contribution >= 0.6 is 0 Å². The molecule has 0 aromatic carbocycles. The lowest BCUT2D eigenvalue weighted by atomic mass is 9.99. The second kappa shape index (κ2) is 3.49. The van der Waals surface area contributed by atoms with Gasteiger partial charge in [-0.05, 0) is 6.42 Å². The van der Waals surface area contributed by atoms with Crippen LogP contribution in [0.25, 0.3) is 0 Å². The van der Waals surface area contributed by atoms with E-state index in [2.05, 4.69) is 0 Å². The molecule has 1 aliphatic rings. The number of hydrogen-bond donors (Lipinski definition) is 3. The number of hydrogen-bond acceptors (Lipinski definition) is 4. The van der Waals surface area contributed by atoms with Crippen LogP contribution in [0.2, 0.25) is 0 Å². The van der Waals surface area contributed by atoms with E-state index >= 15 is 0 Å². The van der Waals surface area contributed by atoms with Crippen LogP contribution in [-0.4, -0.2) is 46.3 Å². The minimum atomic E-state index is -1.06. The summed E-state index contributed by atoms with van der Waals surface area (Å²) in [6, 6.07) is 0. The zero-order chi connectivity index (χ0) is 8.43. The van der Waals surface area contributed by atoms with Crippen molar-refractivity contribution in [2.24, 2.45) is 0 Å². The van der Waals surface area contributed by atoms with Crippen molar-refractivity contribution in [1.82, 2.24) is 0 Å². The van der Waals surface area contributed by atoms with E-state index < -0.39 is 18.3 Å². The summed E-state index contributed by atoms with van der Waals surface area (Å²) in [5.74, 6) is 0. The van der Waals surface area contributed by atoms with Crippen molar-refractivity contribution in [1.29, 1.82) is 0 Å². The van der Waals surface area contributed by atoms with Gasteiger partial charge in [0.25, 0.3) is 0 Å². The van der Waals surface area contributed by atoms with E-state index in [1.54, 1.807) is 0 Å². The van der Waals surface area contributed by atoms with Crippen molar-refractivity contribution >= 4 is 0 Å². The van der Waals surface area contributed by atoms with Crippen LogP contribution in [-0.2, 0) is 4.74 Å². The SMILES string of the molecule is CCC1OCC(O)[C@H](O)[C@@H]1O. The van der Waals surface area contributed by atoms with Crippen LogP contribution < -0.4 is 0 Å². The summed E-state index contributed by atoms with van der Waals surface area (Å²) in [5, 5.41) is 27.5. The summed E-state index contributed by atoms with van der Waals surface area (Å²) in [5.41, 5.74) is 0. The Bertz CT molecular complexity index is 126. The fourth-order valence-electron chi connectivity index (χ4n) is 1.23. The van der Waals surface area contributed by atoms with Gasteiger partial charge in [0.1, 0.15) is 18.3 Å². The smallest absolute Gasteiger partial charge is 0.111 e. The molecule has 1 heterocycles. The first-order valence-corrected chi connectivity index (χ1v) is 3.82. The third-order valence-corrected chi connectivity index (χ3v) is 2.01. The molecule has 0 amide bonds. The van der Waals surface area contributed by atoms with Gasteiger partial charge in [-0.2, -0.15) is 0 Å². The molecule has 1 aliphatic heterocycles. The van der Waals surface area contributed by atoms with Gasteiger partial charge in [0.15, 0.2) is 0 Å². The van der Waals surface area contributed by atoms with Crippen LogP contribution in [0.5, 0.6) is 0 Å². The Morgan fingerprint density at radius 3 is 2.45 bits per heavy atom. The molecule has 1 saturated heterocycles. The van der Waals surface area contributed by atoms with Crippen molar-refractivity contribution in [2.45, 2.75) is 37.8 Å². The zero-order valence-electron chi connectivity index (χ0n) is 6.47. The third kappa shape index (κ3) is 1.70. The minimum absolute atomic E-state index is 0.108. The molecule has 0 aliphatic carbocycles. The number of rotatable bonds is 1. The molecule has 0 aromatic rings. The van der Waals surface area contributed by atoms with Crippen molar-refractivity contribution in [3.8, 4) is 0 Å². The number of ether oxygens (including phenoxy) is 1. The minimum Gasteiger partial charge on any atom is -0.388 e. The molecule has 4 atom stereocenters. The number of aliphatic hydroxyl groups excluding tert-OH is 3. The van der Waals surface area contributed by atoms with Gasteiger partial charge in [0.05, 0.1) is 12.7 Å². The van der Waals surface area contributed by atoms with Crippen LogP contribution in [0.1, 0.15) is 13.3 Å². The van der Waals surface area contributed by atoms with Crippen molar-refractivity contribution in [2.75, 3.05) is 6.61 Å². The van der Waals surface area contributed by atoms with E-state index in [1.165, 1.54) is 0 Å². The van der Waals surface area contributed by atoms with Gasteiger partial charge in [0, 0.05) is 0 Å². The van der Waals surface area contributed by atoms with E-state index in [0.29, 0.717) is 6.42 Å². The maximum Gasteiger partial charge on any atom is 0.111 e. The maximum atomic E-state index is 9.27. The normalized spacial score (nSPS) is 45.8. The first-order valence-electron chi connectivity index (χ1n) is 3.82. The Morgan fingerprint density at radius 1 is 1.27 bits per heavy atom. The summed E-state index contributed by atoms with van der Waals surface area (Å²) in [4.78, 5) is 0. The van der Waals surface area contributed by atoms with Crippen molar-refractivity contribution < 1.29 is 20.1 Å². The van der Waals surface area contributed by atoms with Gasteiger partial charge in [-0.15, -0.1) is 0 Å². The summed E-state index contributed by atoms with van der Waals surface area (Å²) in [7, 11) is 0. The van der Waals surface area contributed by atoms with Gasteiger partial charge < -0.3 is 20.1 Å². The summed E-state index contributed by atoms with van der Waals surface area (Å²) in [6.45, 7) is 1.97. The predicted octanol–water partition coefficient (Wildman–Crippen LogP) is -1.12. The molecule has 2 unspecified atom stereocenters. The largest absolute Gasteiger partial charge is 0.388 e. The average molecular weight is 162 g/mol. The first kappa shape index (κ1) is 8.93. The lowest BCUT2D eigenvalue weighted by Gasteiger charge is -2.34. The van der Waals surface area contributed by atoms with Crippen LogP contribution in [0, 0.1) is 0 Å². The highest BCUT2D eigenvalue weighted by molar-refractivity contribution is 4.85. The van der Waals surface area contributed by atoms with Crippen LogP contribution in [0.3, 0.4) is 0 Å². The van der Waals surface area contributed by atoms with Crippen LogP contribution in [0.15, 0.2) is 0 Å². The highest BCUT2D eigenvalue weighted by atomic mass is 16.5. The van der Waals surface area contributed by atoms with E-state index in [4.69, 9.17) is 14.9 Å². The van der Waals surface area contributed by atoms with Crippen molar-refractivity contribution in [3.05, 3.63) is 0 Å². The first-order chi connectivity index (χ1) is 5.16. The molecule has 4 nitrogen and oxygen atoms in total. The van der Waals surface area contributed by atoms with Crippen LogP contribution in [0.4, 0.5) is 0 Å². The van der Waals surface area contributed by atoms with E-state index in [1.807, 2.05) is 6.92 Å². The molecule has 0 aromatic heterocycles. The Balaban J connectivity index is 2.52. The summed E-state index contributed by atoms with van der Waals surface area (Å²) < 4.78 is 5.06. The van der Waals surface area contributed by atoms with Gasteiger partial charge in [0.2, 0.25) is 0 Å². The molecule has 11 heavy (non-hydrogen) atoms. The van der Waals surface area contributed by atoms with E-state index in [0.717, 1.165) is 0 Å². The topological polar surface area (TPSA) is 69.9 Å². The lowest BCUT2D eigenvalue weighted by Crippen LogP contribution is -2.52. The quantitative estimate of drug-likeness (QED) is 0.456. The Kier molecular flexibility index (Phi) is 2.84. The zero-order valence-corrected chi connectivity index (χ0v) is 6.47.